The van der Waals surface area contributed by atoms with Crippen LogP contribution in [0.4, 0.5) is 14.5 Å². The number of hydrogen-bond donors (Lipinski definition) is 1. The minimum Gasteiger partial charge on any atom is -0.457 e. The number of nitrogens with two attached hydrogens (primary N) is 1. The number of hydrogen-bond acceptors (Lipinski definition) is 3. The van der Waals surface area contributed by atoms with Crippen LogP contribution in [0.25, 0.3) is 0 Å². The molecule has 6 heteroatoms. The molecule has 0 heterocycles. The average Bonchev–Trinajstić information content (AvgIpc) is 2.37. The van der Waals surface area contributed by atoms with E-state index in [-0.39, 0.29) is 17.9 Å². The van der Waals surface area contributed by atoms with Crippen LogP contribution in [0.5, 0.6) is 0 Å². The number of halogens is 3. The maximum atomic E-state index is 13.5. The van der Waals surface area contributed by atoms with E-state index in [0.717, 1.165) is 6.07 Å². The Morgan fingerprint density at radius 3 is 2.60 bits per heavy atom. The largest absolute Gasteiger partial charge is 0.457 e. The summed E-state index contributed by atoms with van der Waals surface area (Å²) in [4.78, 5) is 11.7. The van der Waals surface area contributed by atoms with Gasteiger partial charge in [-0.3, -0.25) is 0 Å². The summed E-state index contributed by atoms with van der Waals surface area (Å²) in [5.74, 6) is -1.96. The van der Waals surface area contributed by atoms with E-state index in [4.69, 9.17) is 10.5 Å². The quantitative estimate of drug-likeness (QED) is 0.684. The molecule has 0 saturated carbocycles. The Balaban J connectivity index is 2.08. The third-order valence-electron chi connectivity index (χ3n) is 2.59. The monoisotopic (exact) mass is 341 g/mol. The topological polar surface area (TPSA) is 52.3 Å². The van der Waals surface area contributed by atoms with Crippen molar-refractivity contribution in [2.75, 3.05) is 5.73 Å². The number of ether oxygens (including phenoxy) is 1. The van der Waals surface area contributed by atoms with Gasteiger partial charge in [0.2, 0.25) is 0 Å². The molecule has 2 aromatic carbocycles. The summed E-state index contributed by atoms with van der Waals surface area (Å²) in [6, 6.07) is 7.70. The number of carbonyl (C=O) groups is 1. The minimum absolute atomic E-state index is 0.0937. The smallest absolute Gasteiger partial charge is 0.341 e. The highest BCUT2D eigenvalue weighted by atomic mass is 79.9. The van der Waals surface area contributed by atoms with E-state index in [1.165, 1.54) is 30.3 Å². The molecule has 0 atom stereocenters. The molecular formula is C14H10BrF2NO2. The second-order valence-corrected chi connectivity index (χ2v) is 4.91. The van der Waals surface area contributed by atoms with Gasteiger partial charge < -0.3 is 10.5 Å². The Labute approximate surface area is 122 Å². The van der Waals surface area contributed by atoms with Crippen LogP contribution >= 0.6 is 15.9 Å². The van der Waals surface area contributed by atoms with Crippen LogP contribution in [-0.4, -0.2) is 5.97 Å². The molecule has 0 spiro atoms. The maximum Gasteiger partial charge on any atom is 0.341 e. The Bertz CT molecular complexity index is 662. The molecule has 0 radical (unpaired) electrons. The van der Waals surface area contributed by atoms with E-state index < -0.39 is 17.6 Å². The average molecular weight is 342 g/mol. The van der Waals surface area contributed by atoms with Crippen LogP contribution in [0.15, 0.2) is 40.9 Å². The van der Waals surface area contributed by atoms with E-state index in [1.807, 2.05) is 0 Å². The Morgan fingerprint density at radius 1 is 1.20 bits per heavy atom. The van der Waals surface area contributed by atoms with Gasteiger partial charge in [0, 0.05) is 15.7 Å². The van der Waals surface area contributed by atoms with Gasteiger partial charge in [0.05, 0.1) is 5.56 Å². The molecule has 2 rings (SSSR count). The number of benzene rings is 2. The summed E-state index contributed by atoms with van der Waals surface area (Å²) in [6.45, 7) is -0.0937. The van der Waals surface area contributed by atoms with Crippen molar-refractivity contribution >= 4 is 27.6 Å². The van der Waals surface area contributed by atoms with Crippen LogP contribution in [-0.2, 0) is 11.3 Å². The SMILES string of the molecule is Nc1ccc(C(=O)OCc2ccc(F)cc2Br)c(F)c1. The van der Waals surface area contributed by atoms with Crippen molar-refractivity contribution in [2.24, 2.45) is 0 Å². The number of esters is 1. The molecule has 0 aliphatic heterocycles. The molecule has 104 valence electrons. The second-order valence-electron chi connectivity index (χ2n) is 4.05. The molecule has 0 aliphatic rings. The van der Waals surface area contributed by atoms with Crippen molar-refractivity contribution in [1.82, 2.24) is 0 Å². The van der Waals surface area contributed by atoms with E-state index in [0.29, 0.717) is 10.0 Å². The molecule has 2 aromatic rings. The third kappa shape index (κ3) is 3.33. The summed E-state index contributed by atoms with van der Waals surface area (Å²) in [6.07, 6.45) is 0. The molecule has 0 unspecified atom stereocenters. The fraction of sp³-hybridized carbons (Fsp3) is 0.0714. The first-order chi connectivity index (χ1) is 9.47. The van der Waals surface area contributed by atoms with Gasteiger partial charge in [-0.25, -0.2) is 13.6 Å². The lowest BCUT2D eigenvalue weighted by atomic mass is 10.2. The Hall–Kier alpha value is -1.95. The van der Waals surface area contributed by atoms with Gasteiger partial charge in [0.15, 0.2) is 0 Å². The van der Waals surface area contributed by atoms with Crippen LogP contribution in [0.1, 0.15) is 15.9 Å². The number of carbonyl (C=O) groups excluding carboxylic acids is 1. The highest BCUT2D eigenvalue weighted by Gasteiger charge is 2.14. The van der Waals surface area contributed by atoms with E-state index >= 15 is 0 Å². The van der Waals surface area contributed by atoms with Crippen molar-refractivity contribution in [1.29, 1.82) is 0 Å². The maximum absolute atomic E-state index is 13.5. The Morgan fingerprint density at radius 2 is 1.95 bits per heavy atom. The van der Waals surface area contributed by atoms with Crippen LogP contribution in [0.2, 0.25) is 0 Å². The van der Waals surface area contributed by atoms with Crippen LogP contribution in [0.3, 0.4) is 0 Å². The first-order valence-corrected chi connectivity index (χ1v) is 6.43. The molecule has 0 saturated heterocycles. The van der Waals surface area contributed by atoms with Gasteiger partial charge in [-0.15, -0.1) is 0 Å². The zero-order valence-corrected chi connectivity index (χ0v) is 11.8. The number of nitrogen functional groups attached to an aromatic ring is 1. The molecule has 0 aliphatic carbocycles. The van der Waals surface area contributed by atoms with Gasteiger partial charge in [0.25, 0.3) is 0 Å². The standard InChI is InChI=1S/C14H10BrF2NO2/c15-12-5-9(16)2-1-8(12)7-20-14(19)11-4-3-10(18)6-13(11)17/h1-6H,7,18H2. The lowest BCUT2D eigenvalue weighted by molar-refractivity contribution is 0.0466. The summed E-state index contributed by atoms with van der Waals surface area (Å²) >= 11 is 3.16. The van der Waals surface area contributed by atoms with Crippen molar-refractivity contribution in [2.45, 2.75) is 6.61 Å². The molecular weight excluding hydrogens is 332 g/mol. The molecule has 0 bridgehead atoms. The van der Waals surface area contributed by atoms with Crippen LogP contribution < -0.4 is 5.73 Å². The van der Waals surface area contributed by atoms with Gasteiger partial charge in [-0.05, 0) is 30.3 Å². The zero-order valence-electron chi connectivity index (χ0n) is 10.2. The molecule has 0 aromatic heterocycles. The lowest BCUT2D eigenvalue weighted by Gasteiger charge is -2.08. The van der Waals surface area contributed by atoms with E-state index in [9.17, 15) is 13.6 Å². The van der Waals surface area contributed by atoms with Crippen LogP contribution in [0, 0.1) is 11.6 Å². The first kappa shape index (κ1) is 14.5. The van der Waals surface area contributed by atoms with Gasteiger partial charge in [-0.1, -0.05) is 22.0 Å². The lowest BCUT2D eigenvalue weighted by Crippen LogP contribution is -2.08. The highest BCUT2D eigenvalue weighted by molar-refractivity contribution is 9.10. The predicted octanol–water partition coefficient (Wildman–Crippen LogP) is 3.67. The molecule has 0 fully saturated rings. The third-order valence-corrected chi connectivity index (χ3v) is 3.33. The van der Waals surface area contributed by atoms with E-state index in [1.54, 1.807) is 0 Å². The summed E-state index contributed by atoms with van der Waals surface area (Å²) < 4.78 is 31.9. The second kappa shape index (κ2) is 6.00. The zero-order chi connectivity index (χ0) is 14.7. The fourth-order valence-electron chi connectivity index (χ4n) is 1.56. The van der Waals surface area contributed by atoms with Crippen molar-refractivity contribution in [3.63, 3.8) is 0 Å². The summed E-state index contributed by atoms with van der Waals surface area (Å²) in [5.41, 5.74) is 6.00. The number of anilines is 1. The predicted molar refractivity (Wildman–Crippen MR) is 74.0 cm³/mol. The fourth-order valence-corrected chi connectivity index (χ4v) is 2.02. The summed E-state index contributed by atoms with van der Waals surface area (Å²) in [5, 5.41) is 0. The van der Waals surface area contributed by atoms with E-state index in [2.05, 4.69) is 15.9 Å². The summed E-state index contributed by atoms with van der Waals surface area (Å²) in [7, 11) is 0. The minimum atomic E-state index is -0.807. The molecule has 3 nitrogen and oxygen atoms in total. The highest BCUT2D eigenvalue weighted by Crippen LogP contribution is 2.20. The van der Waals surface area contributed by atoms with Crippen molar-refractivity contribution < 1.29 is 18.3 Å². The van der Waals surface area contributed by atoms with Crippen molar-refractivity contribution in [3.8, 4) is 0 Å². The Kier molecular flexibility index (Phi) is 4.34. The normalized spacial score (nSPS) is 10.3. The van der Waals surface area contributed by atoms with Gasteiger partial charge in [-0.2, -0.15) is 0 Å². The number of rotatable bonds is 3. The first-order valence-electron chi connectivity index (χ1n) is 5.63. The van der Waals surface area contributed by atoms with Crippen molar-refractivity contribution in [3.05, 3.63) is 63.6 Å². The molecule has 0 amide bonds. The van der Waals surface area contributed by atoms with Gasteiger partial charge >= 0.3 is 5.97 Å². The van der Waals surface area contributed by atoms with Gasteiger partial charge in [0.1, 0.15) is 18.2 Å². The molecule has 20 heavy (non-hydrogen) atoms. The molecule has 2 N–H and O–H groups in total.